The number of hydrogen-bond donors (Lipinski definition) is 1. The zero-order valence-corrected chi connectivity index (χ0v) is 14.4. The number of rotatable bonds is 11. The molecule has 12 heteroatoms. The fourth-order valence-corrected chi connectivity index (χ4v) is 3.34. The molecule has 1 aliphatic heterocycles. The predicted molar refractivity (Wildman–Crippen MR) is 88.4 cm³/mol. The lowest BCUT2D eigenvalue weighted by molar-refractivity contribution is -0.197. The van der Waals surface area contributed by atoms with E-state index in [1.54, 1.807) is 0 Å². The van der Waals surface area contributed by atoms with E-state index in [0.717, 1.165) is 0 Å². The summed E-state index contributed by atoms with van der Waals surface area (Å²) in [7, 11) is 3.08. The standard InChI is InChI=1S/C12H17N5O5S2/c13-16-15-6-8-24-23-7-5-14-9(18)1-4-12(21)22-17-10(19)2-3-11(17)20/h1-8H2,(H,14,18). The van der Waals surface area contributed by atoms with Crippen LogP contribution in [0.5, 0.6) is 0 Å². The second-order valence-corrected chi connectivity index (χ2v) is 7.20. The van der Waals surface area contributed by atoms with E-state index in [1.807, 2.05) is 0 Å². The Bertz CT molecular complexity index is 522. The molecule has 0 bridgehead atoms. The minimum absolute atomic E-state index is 0.0329. The maximum Gasteiger partial charge on any atom is 0.333 e. The lowest BCUT2D eigenvalue weighted by atomic mass is 10.3. The Kier molecular flexibility index (Phi) is 9.73. The molecule has 0 saturated carbocycles. The van der Waals surface area contributed by atoms with E-state index >= 15 is 0 Å². The Morgan fingerprint density at radius 1 is 1.21 bits per heavy atom. The number of hydrogen-bond acceptors (Lipinski definition) is 8. The number of hydroxylamine groups is 2. The lowest BCUT2D eigenvalue weighted by Gasteiger charge is -2.12. The Morgan fingerprint density at radius 2 is 1.88 bits per heavy atom. The molecule has 3 amide bonds. The van der Waals surface area contributed by atoms with Gasteiger partial charge in [-0.25, -0.2) is 4.79 Å². The topological polar surface area (TPSA) is 142 Å². The number of imide groups is 1. The van der Waals surface area contributed by atoms with E-state index in [4.69, 9.17) is 5.53 Å². The molecule has 0 spiro atoms. The third kappa shape index (κ3) is 8.09. The summed E-state index contributed by atoms with van der Waals surface area (Å²) < 4.78 is 0. The van der Waals surface area contributed by atoms with Crippen molar-refractivity contribution < 1.29 is 24.0 Å². The van der Waals surface area contributed by atoms with Gasteiger partial charge in [-0.15, -0.1) is 5.06 Å². The number of carbonyl (C=O) groups excluding carboxylic acids is 4. The van der Waals surface area contributed by atoms with Crippen LogP contribution in [0.4, 0.5) is 0 Å². The minimum Gasteiger partial charge on any atom is -0.355 e. The third-order valence-corrected chi connectivity index (χ3v) is 5.07. The second-order valence-electron chi connectivity index (χ2n) is 4.49. The molecule has 10 nitrogen and oxygen atoms in total. The highest BCUT2D eigenvalue weighted by Crippen LogP contribution is 2.19. The van der Waals surface area contributed by atoms with Gasteiger partial charge in [-0.05, 0) is 5.53 Å². The van der Waals surface area contributed by atoms with Gasteiger partial charge in [0.15, 0.2) is 0 Å². The first kappa shape index (κ1) is 20.1. The van der Waals surface area contributed by atoms with Crippen molar-refractivity contribution in [1.82, 2.24) is 10.4 Å². The quantitative estimate of drug-likeness (QED) is 0.143. The summed E-state index contributed by atoms with van der Waals surface area (Å²) in [6, 6.07) is 0. The summed E-state index contributed by atoms with van der Waals surface area (Å²) in [6.07, 6.45) is -0.225. The van der Waals surface area contributed by atoms with Crippen LogP contribution < -0.4 is 5.32 Å². The summed E-state index contributed by atoms with van der Waals surface area (Å²) in [4.78, 5) is 52.9. The molecular formula is C12H17N5O5S2. The lowest BCUT2D eigenvalue weighted by Crippen LogP contribution is -2.32. The van der Waals surface area contributed by atoms with Gasteiger partial charge in [-0.3, -0.25) is 14.4 Å². The van der Waals surface area contributed by atoms with Crippen molar-refractivity contribution in [2.75, 3.05) is 24.6 Å². The van der Waals surface area contributed by atoms with Gasteiger partial charge in [0.1, 0.15) is 0 Å². The maximum atomic E-state index is 11.5. The van der Waals surface area contributed by atoms with Crippen LogP contribution in [0.3, 0.4) is 0 Å². The van der Waals surface area contributed by atoms with E-state index in [-0.39, 0.29) is 31.6 Å². The van der Waals surface area contributed by atoms with Crippen molar-refractivity contribution >= 4 is 45.3 Å². The van der Waals surface area contributed by atoms with Crippen LogP contribution >= 0.6 is 21.6 Å². The van der Waals surface area contributed by atoms with E-state index in [2.05, 4.69) is 20.2 Å². The summed E-state index contributed by atoms with van der Waals surface area (Å²) in [5.41, 5.74) is 8.09. The molecule has 1 N–H and O–H groups in total. The highest BCUT2D eigenvalue weighted by Gasteiger charge is 2.32. The first-order chi connectivity index (χ1) is 11.5. The van der Waals surface area contributed by atoms with Crippen molar-refractivity contribution in [2.24, 2.45) is 5.11 Å². The first-order valence-corrected chi connectivity index (χ1v) is 9.62. The first-order valence-electron chi connectivity index (χ1n) is 7.13. The van der Waals surface area contributed by atoms with Gasteiger partial charge in [0.05, 0.1) is 6.42 Å². The van der Waals surface area contributed by atoms with E-state index in [0.29, 0.717) is 29.7 Å². The highest BCUT2D eigenvalue weighted by atomic mass is 33.1. The molecule has 0 aromatic rings. The molecule has 0 radical (unpaired) electrons. The largest absolute Gasteiger partial charge is 0.355 e. The van der Waals surface area contributed by atoms with Gasteiger partial charge < -0.3 is 10.2 Å². The zero-order valence-electron chi connectivity index (χ0n) is 12.8. The van der Waals surface area contributed by atoms with Crippen molar-refractivity contribution in [1.29, 1.82) is 0 Å². The number of nitrogens with one attached hydrogen (secondary N) is 1. The Balaban J connectivity index is 2.04. The predicted octanol–water partition coefficient (Wildman–Crippen LogP) is 1.18. The normalized spacial score (nSPS) is 13.6. The second kappa shape index (κ2) is 11.6. The van der Waals surface area contributed by atoms with Gasteiger partial charge in [0.2, 0.25) is 5.91 Å². The molecule has 132 valence electrons. The van der Waals surface area contributed by atoms with Gasteiger partial charge in [-0.1, -0.05) is 26.7 Å². The molecule has 1 fully saturated rings. The van der Waals surface area contributed by atoms with Crippen LogP contribution in [0.2, 0.25) is 0 Å². The highest BCUT2D eigenvalue weighted by molar-refractivity contribution is 8.76. The molecule has 1 aliphatic rings. The molecule has 1 saturated heterocycles. The molecular weight excluding hydrogens is 358 g/mol. The molecule has 0 aromatic carbocycles. The maximum absolute atomic E-state index is 11.5. The third-order valence-electron chi connectivity index (χ3n) is 2.68. The monoisotopic (exact) mass is 375 g/mol. The van der Waals surface area contributed by atoms with Gasteiger partial charge in [0, 0.05) is 48.8 Å². The van der Waals surface area contributed by atoms with Crippen LogP contribution in [0.25, 0.3) is 10.4 Å². The SMILES string of the molecule is [N-]=[N+]=NCCSSCCNC(=O)CCC(=O)ON1C(=O)CCC1=O. The average molecular weight is 375 g/mol. The van der Waals surface area contributed by atoms with Crippen LogP contribution in [-0.4, -0.2) is 53.3 Å². The van der Waals surface area contributed by atoms with Crippen molar-refractivity contribution in [2.45, 2.75) is 25.7 Å². The van der Waals surface area contributed by atoms with E-state index in [1.165, 1.54) is 21.6 Å². The van der Waals surface area contributed by atoms with E-state index in [9.17, 15) is 19.2 Å². The minimum atomic E-state index is -0.795. The molecule has 0 unspecified atom stereocenters. The van der Waals surface area contributed by atoms with Crippen molar-refractivity contribution in [3.05, 3.63) is 10.4 Å². The molecule has 0 atom stereocenters. The van der Waals surface area contributed by atoms with Crippen LogP contribution in [0.15, 0.2) is 5.11 Å². The van der Waals surface area contributed by atoms with Crippen LogP contribution in [-0.2, 0) is 24.0 Å². The van der Waals surface area contributed by atoms with Gasteiger partial charge >= 0.3 is 5.97 Å². The Hall–Kier alpha value is -1.91. The summed E-state index contributed by atoms with van der Waals surface area (Å²) >= 11 is 0. The number of nitrogens with zero attached hydrogens (tertiary/aromatic N) is 4. The van der Waals surface area contributed by atoms with Crippen LogP contribution in [0, 0.1) is 0 Å². The Labute approximate surface area is 146 Å². The van der Waals surface area contributed by atoms with Crippen molar-refractivity contribution in [3.63, 3.8) is 0 Å². The van der Waals surface area contributed by atoms with Crippen molar-refractivity contribution in [3.8, 4) is 0 Å². The fourth-order valence-electron chi connectivity index (χ4n) is 1.58. The fraction of sp³-hybridized carbons (Fsp3) is 0.667. The summed E-state index contributed by atoms with van der Waals surface area (Å²) in [5, 5.41) is 6.50. The molecule has 0 aromatic heterocycles. The number of azide groups is 1. The van der Waals surface area contributed by atoms with Gasteiger partial charge in [0.25, 0.3) is 11.8 Å². The zero-order chi connectivity index (χ0) is 17.8. The Morgan fingerprint density at radius 3 is 2.54 bits per heavy atom. The molecule has 1 rings (SSSR count). The molecule has 1 heterocycles. The number of amides is 3. The van der Waals surface area contributed by atoms with E-state index < -0.39 is 17.8 Å². The van der Waals surface area contributed by atoms with Crippen LogP contribution in [0.1, 0.15) is 25.7 Å². The number of carbonyl (C=O) groups is 4. The van der Waals surface area contributed by atoms with Gasteiger partial charge in [-0.2, -0.15) is 0 Å². The summed E-state index contributed by atoms with van der Waals surface area (Å²) in [6.45, 7) is 0.862. The summed E-state index contributed by atoms with van der Waals surface area (Å²) in [5.74, 6) is -0.834. The molecule has 24 heavy (non-hydrogen) atoms. The molecule has 0 aliphatic carbocycles. The smallest absolute Gasteiger partial charge is 0.333 e. The average Bonchev–Trinajstić information content (AvgIpc) is 2.87.